The fraction of sp³-hybridized carbons (Fsp3) is 0.286. The zero-order valence-corrected chi connectivity index (χ0v) is 6.42. The van der Waals surface area contributed by atoms with Gasteiger partial charge in [-0.2, -0.15) is 13.2 Å². The summed E-state index contributed by atoms with van der Waals surface area (Å²) in [5.41, 5.74) is 4.54. The van der Waals surface area contributed by atoms with E-state index in [0.29, 0.717) is 0 Å². The fourth-order valence-electron chi connectivity index (χ4n) is 0.749. The van der Waals surface area contributed by atoms with Crippen LogP contribution in [0.15, 0.2) is 18.3 Å². The lowest BCUT2D eigenvalue weighted by atomic mass is 10.2. The van der Waals surface area contributed by atoms with Crippen molar-refractivity contribution in [3.05, 3.63) is 24.0 Å². The quantitative estimate of drug-likeness (QED) is 0.706. The lowest BCUT2D eigenvalue weighted by Crippen LogP contribution is -2.29. The molecule has 0 aromatic carbocycles. The first kappa shape index (κ1) is 9.79. The van der Waals surface area contributed by atoms with Crippen molar-refractivity contribution >= 4 is 0 Å². The normalized spacial score (nSPS) is 14.2. The number of aromatic hydroxyl groups is 1. The number of rotatable bonds is 1. The lowest BCUT2D eigenvalue weighted by Gasteiger charge is -2.14. The first-order chi connectivity index (χ1) is 5.91. The minimum absolute atomic E-state index is 0.196. The van der Waals surface area contributed by atoms with Crippen molar-refractivity contribution in [2.24, 2.45) is 5.73 Å². The highest BCUT2D eigenvalue weighted by molar-refractivity contribution is 5.20. The maximum atomic E-state index is 12.0. The standard InChI is InChI=1S/C7H7F3N2O/c8-7(9,10)6(11)5-2-1-4(13)3-12-5/h1-3,6,13H,11H2. The van der Waals surface area contributed by atoms with Crippen LogP contribution in [0.3, 0.4) is 0 Å². The summed E-state index contributed by atoms with van der Waals surface area (Å²) in [4.78, 5) is 3.35. The molecule has 3 N–H and O–H groups in total. The molecule has 0 aliphatic rings. The minimum atomic E-state index is -4.51. The molecule has 0 saturated heterocycles. The molecule has 0 spiro atoms. The average molecular weight is 192 g/mol. The largest absolute Gasteiger partial charge is 0.506 e. The van der Waals surface area contributed by atoms with Gasteiger partial charge in [-0.25, -0.2) is 0 Å². The van der Waals surface area contributed by atoms with Crippen molar-refractivity contribution in [3.8, 4) is 5.75 Å². The van der Waals surface area contributed by atoms with E-state index >= 15 is 0 Å². The minimum Gasteiger partial charge on any atom is -0.506 e. The lowest BCUT2D eigenvalue weighted by molar-refractivity contribution is -0.150. The second kappa shape index (κ2) is 3.21. The van der Waals surface area contributed by atoms with Crippen LogP contribution in [0.5, 0.6) is 5.75 Å². The molecular formula is C7H7F3N2O. The first-order valence-electron chi connectivity index (χ1n) is 3.38. The van der Waals surface area contributed by atoms with Gasteiger partial charge in [-0.05, 0) is 12.1 Å². The molecule has 1 atom stereocenters. The molecule has 0 aliphatic carbocycles. The number of hydrogen-bond acceptors (Lipinski definition) is 3. The van der Waals surface area contributed by atoms with Crippen molar-refractivity contribution in [3.63, 3.8) is 0 Å². The van der Waals surface area contributed by atoms with Crippen LogP contribution in [0, 0.1) is 0 Å². The van der Waals surface area contributed by atoms with Gasteiger partial charge in [-0.1, -0.05) is 0 Å². The molecule has 1 heterocycles. The summed E-state index contributed by atoms with van der Waals surface area (Å²) < 4.78 is 36.0. The van der Waals surface area contributed by atoms with Crippen LogP contribution in [0.2, 0.25) is 0 Å². The summed E-state index contributed by atoms with van der Waals surface area (Å²) in [5, 5.41) is 8.76. The third-order valence-electron chi connectivity index (χ3n) is 1.44. The average Bonchev–Trinajstić information content (AvgIpc) is 2.03. The van der Waals surface area contributed by atoms with E-state index in [2.05, 4.69) is 4.98 Å². The number of nitrogens with two attached hydrogens (primary N) is 1. The highest BCUT2D eigenvalue weighted by Gasteiger charge is 2.38. The van der Waals surface area contributed by atoms with Crippen molar-refractivity contribution in [2.75, 3.05) is 0 Å². The van der Waals surface area contributed by atoms with E-state index in [1.165, 1.54) is 0 Å². The Hall–Kier alpha value is -1.30. The second-order valence-corrected chi connectivity index (χ2v) is 2.46. The molecule has 0 saturated carbocycles. The van der Waals surface area contributed by atoms with E-state index in [1.54, 1.807) is 0 Å². The van der Waals surface area contributed by atoms with E-state index in [0.717, 1.165) is 18.3 Å². The van der Waals surface area contributed by atoms with Crippen molar-refractivity contribution < 1.29 is 18.3 Å². The topological polar surface area (TPSA) is 59.1 Å². The Labute approximate surface area is 72.0 Å². The van der Waals surface area contributed by atoms with Gasteiger partial charge < -0.3 is 10.8 Å². The maximum Gasteiger partial charge on any atom is 0.409 e. The Balaban J connectivity index is 2.90. The number of alkyl halides is 3. The SMILES string of the molecule is NC(c1ccc(O)cn1)C(F)(F)F. The molecule has 13 heavy (non-hydrogen) atoms. The van der Waals surface area contributed by atoms with E-state index in [4.69, 9.17) is 10.8 Å². The summed E-state index contributed by atoms with van der Waals surface area (Å²) in [5.74, 6) is -0.196. The van der Waals surface area contributed by atoms with E-state index in [9.17, 15) is 13.2 Å². The molecule has 1 aromatic rings. The molecule has 0 bridgehead atoms. The van der Waals surface area contributed by atoms with Gasteiger partial charge in [0, 0.05) is 0 Å². The van der Waals surface area contributed by atoms with E-state index in [-0.39, 0.29) is 11.4 Å². The van der Waals surface area contributed by atoms with E-state index < -0.39 is 12.2 Å². The number of halogens is 3. The number of aromatic nitrogens is 1. The molecule has 6 heteroatoms. The van der Waals surface area contributed by atoms with Crippen LogP contribution in [-0.4, -0.2) is 16.3 Å². The van der Waals surface area contributed by atoms with Crippen molar-refractivity contribution in [2.45, 2.75) is 12.2 Å². The summed E-state index contributed by atoms with van der Waals surface area (Å²) in [6, 6.07) is 0.0367. The number of nitrogens with zero attached hydrogens (tertiary/aromatic N) is 1. The van der Waals surface area contributed by atoms with Gasteiger partial charge in [0.05, 0.1) is 11.9 Å². The van der Waals surface area contributed by atoms with Gasteiger partial charge in [-0.15, -0.1) is 0 Å². The van der Waals surface area contributed by atoms with Crippen LogP contribution < -0.4 is 5.73 Å². The Kier molecular flexibility index (Phi) is 2.42. The molecule has 0 aliphatic heterocycles. The molecule has 72 valence electrons. The third-order valence-corrected chi connectivity index (χ3v) is 1.44. The molecule has 3 nitrogen and oxygen atoms in total. The Bertz CT molecular complexity index is 283. The predicted molar refractivity (Wildman–Crippen MR) is 38.9 cm³/mol. The van der Waals surface area contributed by atoms with Gasteiger partial charge >= 0.3 is 6.18 Å². The Morgan fingerprint density at radius 1 is 1.38 bits per heavy atom. The van der Waals surface area contributed by atoms with Crippen LogP contribution in [0.25, 0.3) is 0 Å². The van der Waals surface area contributed by atoms with Gasteiger partial charge in [0.1, 0.15) is 11.8 Å². The molecular weight excluding hydrogens is 185 g/mol. The predicted octanol–water partition coefficient (Wildman–Crippen LogP) is 1.35. The summed E-state index contributed by atoms with van der Waals surface area (Å²) in [6.07, 6.45) is -3.59. The van der Waals surface area contributed by atoms with Crippen LogP contribution in [0.4, 0.5) is 13.2 Å². The monoisotopic (exact) mass is 192 g/mol. The smallest absolute Gasteiger partial charge is 0.409 e. The second-order valence-electron chi connectivity index (χ2n) is 2.46. The van der Waals surface area contributed by atoms with Crippen LogP contribution in [0.1, 0.15) is 11.7 Å². The van der Waals surface area contributed by atoms with Gasteiger partial charge in [0.15, 0.2) is 0 Å². The van der Waals surface area contributed by atoms with E-state index in [1.807, 2.05) is 0 Å². The highest BCUT2D eigenvalue weighted by atomic mass is 19.4. The fourth-order valence-corrected chi connectivity index (χ4v) is 0.749. The summed E-state index contributed by atoms with van der Waals surface area (Å²) in [7, 11) is 0. The third kappa shape index (κ3) is 2.32. The first-order valence-corrected chi connectivity index (χ1v) is 3.38. The number of pyridine rings is 1. The van der Waals surface area contributed by atoms with Crippen LogP contribution >= 0.6 is 0 Å². The molecule has 0 fully saturated rings. The Morgan fingerprint density at radius 2 is 2.00 bits per heavy atom. The summed E-state index contributed by atoms with van der Waals surface area (Å²) in [6.45, 7) is 0. The van der Waals surface area contributed by atoms with Gasteiger partial charge in [0.2, 0.25) is 0 Å². The van der Waals surface area contributed by atoms with Gasteiger partial charge in [0.25, 0.3) is 0 Å². The molecule has 1 rings (SSSR count). The summed E-state index contributed by atoms with van der Waals surface area (Å²) >= 11 is 0. The van der Waals surface area contributed by atoms with Gasteiger partial charge in [-0.3, -0.25) is 4.98 Å². The van der Waals surface area contributed by atoms with Crippen LogP contribution in [-0.2, 0) is 0 Å². The number of hydrogen-bond donors (Lipinski definition) is 2. The van der Waals surface area contributed by atoms with Crippen molar-refractivity contribution in [1.82, 2.24) is 4.98 Å². The maximum absolute atomic E-state index is 12.0. The molecule has 0 amide bonds. The Morgan fingerprint density at radius 3 is 2.38 bits per heavy atom. The molecule has 1 unspecified atom stereocenters. The molecule has 0 radical (unpaired) electrons. The highest BCUT2D eigenvalue weighted by Crippen LogP contribution is 2.29. The zero-order valence-electron chi connectivity index (χ0n) is 6.42. The molecule has 1 aromatic heterocycles. The van der Waals surface area contributed by atoms with Crippen molar-refractivity contribution in [1.29, 1.82) is 0 Å². The zero-order chi connectivity index (χ0) is 10.1.